The smallest absolute Gasteiger partial charge is 0.225 e. The lowest BCUT2D eigenvalue weighted by Crippen LogP contribution is -2.49. The van der Waals surface area contributed by atoms with E-state index in [1.807, 2.05) is 11.9 Å². The largest absolute Gasteiger partial charge is 0.338 e. The van der Waals surface area contributed by atoms with Gasteiger partial charge >= 0.3 is 0 Å². The van der Waals surface area contributed by atoms with Gasteiger partial charge < -0.3 is 10.6 Å². The van der Waals surface area contributed by atoms with Crippen molar-refractivity contribution < 1.29 is 4.79 Å². The summed E-state index contributed by atoms with van der Waals surface area (Å²) < 4.78 is 0. The SMILES string of the molecule is Cc1nc2c(s1)C(N(C)C(=O)C1CC3CCCC(C1)C3N)CCC2.Cl.Cl. The van der Waals surface area contributed by atoms with E-state index in [0.717, 1.165) is 37.1 Å². The Morgan fingerprint density at radius 1 is 1.15 bits per heavy atom. The fraction of sp³-hybridized carbons (Fsp3) is 0.789. The first kappa shape index (κ1) is 21.9. The van der Waals surface area contributed by atoms with E-state index < -0.39 is 0 Å². The Kier molecular flexibility index (Phi) is 7.39. The summed E-state index contributed by atoms with van der Waals surface area (Å²) in [4.78, 5) is 21.3. The lowest BCUT2D eigenvalue weighted by atomic mass is 9.65. The number of nitrogens with two attached hydrogens (primary N) is 1. The second-order valence-electron chi connectivity index (χ2n) is 8.10. The Bertz CT molecular complexity index is 624. The van der Waals surface area contributed by atoms with Crippen LogP contribution < -0.4 is 5.73 Å². The average molecular weight is 420 g/mol. The predicted molar refractivity (Wildman–Crippen MR) is 111 cm³/mol. The molecule has 2 N–H and O–H groups in total. The Balaban J connectivity index is 0.00000121. The Morgan fingerprint density at radius 2 is 1.81 bits per heavy atom. The lowest BCUT2D eigenvalue weighted by Gasteiger charge is -2.45. The standard InChI is InChI=1S/C19H29N3OS.2ClH/c1-11-21-15-7-4-8-16(18(15)24-11)22(2)19(23)14-9-12-5-3-6-13(10-14)17(12)20;;/h12-14,16-17H,3-10,20H2,1-2H3;2*1H. The van der Waals surface area contributed by atoms with E-state index in [1.165, 1.54) is 29.8 Å². The second-order valence-corrected chi connectivity index (χ2v) is 9.33. The minimum absolute atomic E-state index is 0. The van der Waals surface area contributed by atoms with Crippen molar-refractivity contribution in [2.45, 2.75) is 70.4 Å². The van der Waals surface area contributed by atoms with Gasteiger partial charge in [0, 0.05) is 19.0 Å². The fourth-order valence-corrected chi connectivity index (χ4v) is 6.47. The highest BCUT2D eigenvalue weighted by Crippen LogP contribution is 2.44. The maximum atomic E-state index is 13.2. The summed E-state index contributed by atoms with van der Waals surface area (Å²) >= 11 is 1.78. The van der Waals surface area contributed by atoms with Gasteiger partial charge in [-0.2, -0.15) is 0 Å². The van der Waals surface area contributed by atoms with Crippen LogP contribution in [0.25, 0.3) is 0 Å². The third kappa shape index (κ3) is 3.91. The molecule has 3 atom stereocenters. The number of aryl methyl sites for hydroxylation is 2. The molecule has 0 aromatic carbocycles. The fourth-order valence-electron chi connectivity index (χ4n) is 5.32. The van der Waals surface area contributed by atoms with Crippen molar-refractivity contribution in [2.75, 3.05) is 7.05 Å². The molecule has 26 heavy (non-hydrogen) atoms. The number of carbonyl (C=O) groups excluding carboxylic acids is 1. The second kappa shape index (κ2) is 8.76. The quantitative estimate of drug-likeness (QED) is 0.777. The van der Waals surface area contributed by atoms with Crippen LogP contribution in [0.3, 0.4) is 0 Å². The number of thiazole rings is 1. The zero-order chi connectivity index (χ0) is 16.8. The van der Waals surface area contributed by atoms with Crippen LogP contribution >= 0.6 is 36.2 Å². The highest BCUT2D eigenvalue weighted by molar-refractivity contribution is 7.11. The first-order chi connectivity index (χ1) is 11.5. The summed E-state index contributed by atoms with van der Waals surface area (Å²) in [5, 5.41) is 1.13. The van der Waals surface area contributed by atoms with Crippen molar-refractivity contribution in [1.82, 2.24) is 9.88 Å². The van der Waals surface area contributed by atoms with E-state index in [1.54, 1.807) is 11.3 Å². The minimum Gasteiger partial charge on any atom is -0.338 e. The summed E-state index contributed by atoms with van der Waals surface area (Å²) in [5.41, 5.74) is 7.63. The first-order valence-corrected chi connectivity index (χ1v) is 10.3. The third-order valence-corrected chi connectivity index (χ3v) is 7.72. The molecule has 7 heteroatoms. The Labute approximate surface area is 173 Å². The van der Waals surface area contributed by atoms with Gasteiger partial charge in [-0.3, -0.25) is 4.79 Å². The number of hydrogen-bond acceptors (Lipinski definition) is 4. The van der Waals surface area contributed by atoms with Crippen LogP contribution in [-0.2, 0) is 11.2 Å². The number of rotatable bonds is 2. The minimum atomic E-state index is 0. The van der Waals surface area contributed by atoms with Gasteiger partial charge in [0.25, 0.3) is 0 Å². The molecule has 1 aromatic rings. The maximum absolute atomic E-state index is 13.2. The van der Waals surface area contributed by atoms with Crippen molar-refractivity contribution in [3.63, 3.8) is 0 Å². The molecule has 3 aliphatic rings. The number of aromatic nitrogens is 1. The summed E-state index contributed by atoms with van der Waals surface area (Å²) in [6.07, 6.45) is 9.02. The molecule has 2 bridgehead atoms. The van der Waals surface area contributed by atoms with E-state index in [9.17, 15) is 4.79 Å². The third-order valence-electron chi connectivity index (χ3n) is 6.61. The molecule has 3 aliphatic carbocycles. The molecular weight excluding hydrogens is 389 g/mol. The van der Waals surface area contributed by atoms with Gasteiger partial charge in [-0.25, -0.2) is 4.98 Å². The van der Waals surface area contributed by atoms with Gasteiger partial charge in [0.2, 0.25) is 5.91 Å². The molecule has 2 fully saturated rings. The van der Waals surface area contributed by atoms with Crippen LogP contribution in [0, 0.1) is 24.7 Å². The summed E-state index contributed by atoms with van der Waals surface area (Å²) in [7, 11) is 2.02. The van der Waals surface area contributed by atoms with E-state index in [4.69, 9.17) is 5.73 Å². The molecule has 0 spiro atoms. The molecule has 4 nitrogen and oxygen atoms in total. The van der Waals surface area contributed by atoms with E-state index in [2.05, 4.69) is 11.9 Å². The Morgan fingerprint density at radius 3 is 2.46 bits per heavy atom. The van der Waals surface area contributed by atoms with Gasteiger partial charge in [0.05, 0.1) is 21.6 Å². The van der Waals surface area contributed by atoms with Crippen molar-refractivity contribution in [2.24, 2.45) is 23.5 Å². The van der Waals surface area contributed by atoms with Crippen molar-refractivity contribution in [3.05, 3.63) is 15.6 Å². The van der Waals surface area contributed by atoms with Gasteiger partial charge in [0.15, 0.2) is 0 Å². The molecule has 0 aliphatic heterocycles. The summed E-state index contributed by atoms with van der Waals surface area (Å²) in [6.45, 7) is 2.07. The van der Waals surface area contributed by atoms with Gasteiger partial charge in [-0.05, 0) is 63.7 Å². The highest BCUT2D eigenvalue weighted by Gasteiger charge is 2.42. The van der Waals surface area contributed by atoms with E-state index in [0.29, 0.717) is 23.8 Å². The van der Waals surface area contributed by atoms with E-state index >= 15 is 0 Å². The molecule has 2 saturated carbocycles. The summed E-state index contributed by atoms with van der Waals surface area (Å²) in [5.74, 6) is 1.66. The molecule has 148 valence electrons. The van der Waals surface area contributed by atoms with Gasteiger partial charge in [0.1, 0.15) is 0 Å². The molecule has 1 aromatic heterocycles. The number of hydrogen-bond donors (Lipinski definition) is 1. The molecule has 4 rings (SSSR count). The molecular formula is C19H31Cl2N3OS. The normalized spacial score (nSPS) is 32.7. The van der Waals surface area contributed by atoms with Crippen molar-refractivity contribution >= 4 is 42.1 Å². The van der Waals surface area contributed by atoms with Crippen LogP contribution in [0.15, 0.2) is 0 Å². The number of nitrogens with zero attached hydrogens (tertiary/aromatic N) is 2. The van der Waals surface area contributed by atoms with Gasteiger partial charge in [-0.15, -0.1) is 36.2 Å². The monoisotopic (exact) mass is 419 g/mol. The van der Waals surface area contributed by atoms with Gasteiger partial charge in [-0.1, -0.05) is 6.42 Å². The molecule has 0 radical (unpaired) electrons. The number of carbonyl (C=O) groups is 1. The molecule has 0 saturated heterocycles. The Hall–Kier alpha value is -0.360. The molecule has 3 unspecified atom stereocenters. The zero-order valence-corrected chi connectivity index (χ0v) is 18.1. The molecule has 1 amide bonds. The first-order valence-electron chi connectivity index (χ1n) is 9.53. The molecule has 1 heterocycles. The van der Waals surface area contributed by atoms with Crippen LogP contribution in [0.4, 0.5) is 0 Å². The van der Waals surface area contributed by atoms with Crippen LogP contribution in [0.2, 0.25) is 0 Å². The van der Waals surface area contributed by atoms with Crippen LogP contribution in [0.1, 0.15) is 66.6 Å². The number of amides is 1. The highest BCUT2D eigenvalue weighted by atomic mass is 35.5. The zero-order valence-electron chi connectivity index (χ0n) is 15.6. The number of halogens is 2. The predicted octanol–water partition coefficient (Wildman–Crippen LogP) is 4.28. The number of fused-ring (bicyclic) bond motifs is 3. The maximum Gasteiger partial charge on any atom is 0.225 e. The van der Waals surface area contributed by atoms with Crippen molar-refractivity contribution in [1.29, 1.82) is 0 Å². The van der Waals surface area contributed by atoms with Crippen LogP contribution in [0.5, 0.6) is 0 Å². The van der Waals surface area contributed by atoms with Crippen molar-refractivity contribution in [3.8, 4) is 0 Å². The summed E-state index contributed by atoms with van der Waals surface area (Å²) in [6, 6.07) is 0.571. The average Bonchev–Trinajstić information content (AvgIpc) is 2.93. The van der Waals surface area contributed by atoms with Crippen LogP contribution in [-0.4, -0.2) is 28.9 Å². The van der Waals surface area contributed by atoms with E-state index in [-0.39, 0.29) is 36.8 Å². The lowest BCUT2D eigenvalue weighted by molar-refractivity contribution is -0.139. The topological polar surface area (TPSA) is 59.2 Å².